The van der Waals surface area contributed by atoms with E-state index < -0.39 is 10.0 Å². The second-order valence-electron chi connectivity index (χ2n) is 7.39. The Kier molecular flexibility index (Phi) is 4.81. The van der Waals surface area contributed by atoms with Gasteiger partial charge in [0.05, 0.1) is 21.6 Å². The van der Waals surface area contributed by atoms with Crippen molar-refractivity contribution in [1.82, 2.24) is 19.8 Å². The monoisotopic (exact) mass is 450 g/mol. The number of benzene rings is 3. The number of aromatic nitrogens is 2. The third-order valence-electron chi connectivity index (χ3n) is 5.29. The number of nitrogens with zero attached hydrogens (tertiary/aromatic N) is 2. The van der Waals surface area contributed by atoms with Gasteiger partial charge in [-0.3, -0.25) is 0 Å². The number of aryl methyl sites for hydroxylation is 1. The van der Waals surface area contributed by atoms with Gasteiger partial charge in [-0.25, -0.2) is 13.4 Å². The molecule has 0 radical (unpaired) electrons. The van der Waals surface area contributed by atoms with Gasteiger partial charge in [0, 0.05) is 22.7 Å². The minimum atomic E-state index is -3.70. The number of nitrogens with one attached hydrogen (secondary N) is 2. The molecule has 0 amide bonds. The number of hydrogen-bond acceptors (Lipinski definition) is 4. The first kappa shape index (κ1) is 19.8. The zero-order valence-corrected chi connectivity index (χ0v) is 18.2. The van der Waals surface area contributed by atoms with Crippen LogP contribution in [0.25, 0.3) is 28.1 Å². The summed E-state index contributed by atoms with van der Waals surface area (Å²) in [6.45, 7) is 2.47. The summed E-state index contributed by atoms with van der Waals surface area (Å²) in [4.78, 5) is 7.50. The lowest BCUT2D eigenvalue weighted by Crippen LogP contribution is -2.36. The van der Waals surface area contributed by atoms with E-state index in [0.717, 1.165) is 33.5 Å². The Labute approximate surface area is 185 Å². The van der Waals surface area contributed by atoms with Gasteiger partial charge < -0.3 is 9.99 Å². The number of rotatable bonds is 5. The fourth-order valence-electron chi connectivity index (χ4n) is 3.71. The van der Waals surface area contributed by atoms with Gasteiger partial charge in [0.1, 0.15) is 5.82 Å². The average molecular weight is 451 g/mol. The minimum absolute atomic E-state index is 0.204. The Balaban J connectivity index is 1.47. The second kappa shape index (κ2) is 7.53. The van der Waals surface area contributed by atoms with Crippen molar-refractivity contribution in [2.24, 2.45) is 0 Å². The van der Waals surface area contributed by atoms with Gasteiger partial charge in [0.25, 0.3) is 10.0 Å². The molecule has 2 heterocycles. The van der Waals surface area contributed by atoms with Crippen LogP contribution in [0.2, 0.25) is 5.02 Å². The van der Waals surface area contributed by atoms with E-state index in [9.17, 15) is 8.42 Å². The molecule has 0 bridgehead atoms. The number of sulfonamides is 1. The van der Waals surface area contributed by atoms with Gasteiger partial charge in [-0.2, -0.15) is 0 Å². The highest BCUT2D eigenvalue weighted by Crippen LogP contribution is 2.33. The molecule has 0 saturated heterocycles. The molecule has 0 saturated carbocycles. The molecule has 31 heavy (non-hydrogen) atoms. The van der Waals surface area contributed by atoms with Gasteiger partial charge >= 0.3 is 0 Å². The maximum Gasteiger partial charge on any atom is 0.257 e. The molecule has 0 aliphatic carbocycles. The molecule has 1 aromatic heterocycles. The molecule has 4 aromatic rings. The van der Waals surface area contributed by atoms with Gasteiger partial charge in [0.2, 0.25) is 0 Å². The Morgan fingerprint density at radius 2 is 1.74 bits per heavy atom. The van der Waals surface area contributed by atoms with E-state index in [2.05, 4.69) is 14.8 Å². The van der Waals surface area contributed by atoms with Crippen LogP contribution in [0.3, 0.4) is 0 Å². The SMILES string of the molecule is Cc1ccc(S(=O)(=O)NNC2=CCn3c(-c4ccc(Cl)cc4)nc4cccc2c43)cc1. The molecule has 1 aliphatic heterocycles. The molecule has 156 valence electrons. The van der Waals surface area contributed by atoms with E-state index in [0.29, 0.717) is 17.3 Å². The second-order valence-corrected chi connectivity index (χ2v) is 9.51. The molecular weight excluding hydrogens is 432 g/mol. The maximum absolute atomic E-state index is 12.7. The molecule has 8 heteroatoms. The lowest BCUT2D eigenvalue weighted by Gasteiger charge is -2.20. The quantitative estimate of drug-likeness (QED) is 0.439. The van der Waals surface area contributed by atoms with Crippen molar-refractivity contribution < 1.29 is 8.42 Å². The van der Waals surface area contributed by atoms with Crippen LogP contribution in [-0.2, 0) is 16.6 Å². The Hall–Kier alpha value is -3.13. The first-order valence-electron chi connectivity index (χ1n) is 9.72. The van der Waals surface area contributed by atoms with Crippen LogP contribution < -0.4 is 10.3 Å². The van der Waals surface area contributed by atoms with Crippen LogP contribution in [0.4, 0.5) is 0 Å². The number of allylic oxidation sites excluding steroid dienone is 1. The Morgan fingerprint density at radius 1 is 1.00 bits per heavy atom. The number of para-hydroxylation sites is 1. The lowest BCUT2D eigenvalue weighted by molar-refractivity contribution is 0.575. The zero-order valence-electron chi connectivity index (χ0n) is 16.6. The number of halogens is 1. The van der Waals surface area contributed by atoms with Crippen LogP contribution in [0.15, 0.2) is 77.7 Å². The molecular formula is C23H19ClN4O2S. The predicted octanol–water partition coefficient (Wildman–Crippen LogP) is 4.50. The van der Waals surface area contributed by atoms with E-state index in [1.54, 1.807) is 24.3 Å². The van der Waals surface area contributed by atoms with Gasteiger partial charge in [-0.15, -0.1) is 4.83 Å². The third-order valence-corrected chi connectivity index (χ3v) is 6.80. The molecule has 0 spiro atoms. The van der Waals surface area contributed by atoms with E-state index in [-0.39, 0.29) is 4.90 Å². The van der Waals surface area contributed by atoms with Crippen molar-refractivity contribution in [2.45, 2.75) is 18.4 Å². The summed E-state index contributed by atoms with van der Waals surface area (Å²) in [5.74, 6) is 0.842. The summed E-state index contributed by atoms with van der Waals surface area (Å²) in [6, 6.07) is 20.1. The van der Waals surface area contributed by atoms with Gasteiger partial charge in [-0.05, 0) is 55.5 Å². The van der Waals surface area contributed by atoms with Crippen molar-refractivity contribution in [3.63, 3.8) is 0 Å². The van der Waals surface area contributed by atoms with Crippen LogP contribution in [-0.4, -0.2) is 18.0 Å². The molecule has 1 aliphatic rings. The lowest BCUT2D eigenvalue weighted by atomic mass is 10.1. The highest BCUT2D eigenvalue weighted by molar-refractivity contribution is 7.89. The average Bonchev–Trinajstić information content (AvgIpc) is 3.14. The van der Waals surface area contributed by atoms with Crippen molar-refractivity contribution in [1.29, 1.82) is 0 Å². The molecule has 0 fully saturated rings. The Morgan fingerprint density at radius 3 is 2.48 bits per heavy atom. The van der Waals surface area contributed by atoms with Crippen LogP contribution >= 0.6 is 11.6 Å². The largest absolute Gasteiger partial charge is 0.319 e. The number of imidazole rings is 1. The summed E-state index contributed by atoms with van der Waals surface area (Å²) in [6.07, 6.45) is 1.94. The molecule has 2 N–H and O–H groups in total. The summed E-state index contributed by atoms with van der Waals surface area (Å²) in [7, 11) is -3.70. The molecule has 6 nitrogen and oxygen atoms in total. The van der Waals surface area contributed by atoms with Crippen LogP contribution in [0, 0.1) is 6.92 Å². The van der Waals surface area contributed by atoms with Crippen molar-refractivity contribution >= 4 is 38.4 Å². The standard InChI is InChI=1S/C23H19ClN4O2S/c1-15-5-11-18(12-6-15)31(29,30)27-26-20-13-14-28-22-19(20)3-2-4-21(22)25-23(28)16-7-9-17(24)10-8-16/h2-13,26-27H,14H2,1H3. The minimum Gasteiger partial charge on any atom is -0.319 e. The van der Waals surface area contributed by atoms with Crippen LogP contribution in [0.5, 0.6) is 0 Å². The number of hydrogen-bond donors (Lipinski definition) is 2. The van der Waals surface area contributed by atoms with E-state index >= 15 is 0 Å². The maximum atomic E-state index is 12.7. The number of hydrazine groups is 1. The summed E-state index contributed by atoms with van der Waals surface area (Å²) in [5.41, 5.74) is 8.23. The van der Waals surface area contributed by atoms with Gasteiger partial charge in [0.15, 0.2) is 0 Å². The fourth-order valence-corrected chi connectivity index (χ4v) is 4.69. The highest BCUT2D eigenvalue weighted by atomic mass is 35.5. The van der Waals surface area contributed by atoms with Crippen molar-refractivity contribution in [3.8, 4) is 11.4 Å². The molecule has 5 rings (SSSR count). The first-order chi connectivity index (χ1) is 14.9. The summed E-state index contributed by atoms with van der Waals surface area (Å²) in [5, 5.41) is 0.673. The van der Waals surface area contributed by atoms with E-state index in [1.165, 1.54) is 0 Å². The van der Waals surface area contributed by atoms with E-state index in [1.807, 2.05) is 55.5 Å². The highest BCUT2D eigenvalue weighted by Gasteiger charge is 2.22. The van der Waals surface area contributed by atoms with E-state index in [4.69, 9.17) is 16.6 Å². The van der Waals surface area contributed by atoms with Crippen molar-refractivity contribution in [2.75, 3.05) is 0 Å². The van der Waals surface area contributed by atoms with Crippen LogP contribution in [0.1, 0.15) is 11.1 Å². The summed E-state index contributed by atoms with van der Waals surface area (Å²) < 4.78 is 27.4. The predicted molar refractivity (Wildman–Crippen MR) is 123 cm³/mol. The normalized spacial score (nSPS) is 13.3. The van der Waals surface area contributed by atoms with Gasteiger partial charge in [-0.1, -0.05) is 41.4 Å². The molecule has 0 unspecified atom stereocenters. The fraction of sp³-hybridized carbons (Fsp3) is 0.0870. The van der Waals surface area contributed by atoms with Crippen molar-refractivity contribution in [3.05, 3.63) is 89.0 Å². The smallest absolute Gasteiger partial charge is 0.257 e. The first-order valence-corrected chi connectivity index (χ1v) is 11.6. The third kappa shape index (κ3) is 3.61. The molecule has 3 aromatic carbocycles. The Bertz CT molecular complexity index is 1420. The summed E-state index contributed by atoms with van der Waals surface area (Å²) >= 11 is 6.03. The molecule has 0 atom stereocenters. The topological polar surface area (TPSA) is 76.0 Å². The zero-order chi connectivity index (χ0) is 21.6.